The number of hydrogen-bond acceptors (Lipinski definition) is 6. The van der Waals surface area contributed by atoms with Crippen molar-refractivity contribution in [2.75, 3.05) is 25.6 Å². The maximum Gasteiger partial charge on any atom is 0.325 e. The van der Waals surface area contributed by atoms with Crippen molar-refractivity contribution in [3.8, 4) is 5.75 Å². The highest BCUT2D eigenvalue weighted by Gasteiger charge is 2.12. The number of esters is 1. The van der Waals surface area contributed by atoms with Crippen molar-refractivity contribution in [2.24, 2.45) is 0 Å². The molecule has 2 aromatic carbocycles. The molecule has 0 saturated heterocycles. The van der Waals surface area contributed by atoms with Gasteiger partial charge in [-0.1, -0.05) is 6.07 Å². The first-order valence-corrected chi connectivity index (χ1v) is 8.38. The van der Waals surface area contributed by atoms with Crippen LogP contribution in [0.1, 0.15) is 27.6 Å². The molecule has 0 aromatic heterocycles. The smallest absolute Gasteiger partial charge is 0.325 e. The van der Waals surface area contributed by atoms with E-state index in [4.69, 9.17) is 9.47 Å². The summed E-state index contributed by atoms with van der Waals surface area (Å²) in [6.45, 7) is 0.569. The van der Waals surface area contributed by atoms with Crippen LogP contribution in [0.4, 0.5) is 5.69 Å². The molecule has 8 heteroatoms. The molecule has 0 fully saturated rings. The van der Waals surface area contributed by atoms with Gasteiger partial charge in [-0.25, -0.2) is 0 Å². The summed E-state index contributed by atoms with van der Waals surface area (Å²) in [5, 5.41) is 4.95. The number of carbonyl (C=O) groups excluding carboxylic acids is 4. The van der Waals surface area contributed by atoms with Gasteiger partial charge in [0.15, 0.2) is 12.4 Å². The molecular formula is C20H20N2O6. The molecule has 2 aromatic rings. The van der Waals surface area contributed by atoms with E-state index in [1.54, 1.807) is 42.5 Å². The quantitative estimate of drug-likeness (QED) is 0.530. The number of amides is 2. The van der Waals surface area contributed by atoms with Gasteiger partial charge in [0, 0.05) is 16.8 Å². The molecule has 0 saturated carbocycles. The lowest BCUT2D eigenvalue weighted by Crippen LogP contribution is -2.32. The van der Waals surface area contributed by atoms with Crippen LogP contribution < -0.4 is 15.4 Å². The minimum Gasteiger partial charge on any atom is -0.497 e. The Morgan fingerprint density at radius 2 is 1.68 bits per heavy atom. The monoisotopic (exact) mass is 384 g/mol. The fourth-order valence-electron chi connectivity index (χ4n) is 2.20. The topological polar surface area (TPSA) is 111 Å². The number of ketones is 1. The Morgan fingerprint density at radius 3 is 2.32 bits per heavy atom. The molecule has 28 heavy (non-hydrogen) atoms. The zero-order chi connectivity index (χ0) is 20.5. The van der Waals surface area contributed by atoms with Crippen molar-refractivity contribution >= 4 is 29.3 Å². The van der Waals surface area contributed by atoms with Crippen LogP contribution >= 0.6 is 0 Å². The fraction of sp³-hybridized carbons (Fsp3) is 0.200. The van der Waals surface area contributed by atoms with Crippen LogP contribution in [0.5, 0.6) is 5.75 Å². The minimum atomic E-state index is -0.752. The Balaban J connectivity index is 1.74. The highest BCUT2D eigenvalue weighted by Crippen LogP contribution is 2.12. The first-order chi connectivity index (χ1) is 13.4. The molecule has 0 heterocycles. The molecule has 2 N–H and O–H groups in total. The number of rotatable bonds is 8. The van der Waals surface area contributed by atoms with Crippen molar-refractivity contribution in [1.82, 2.24) is 5.32 Å². The van der Waals surface area contributed by atoms with Gasteiger partial charge in [-0.2, -0.15) is 0 Å². The van der Waals surface area contributed by atoms with Gasteiger partial charge in [0.05, 0.1) is 7.11 Å². The van der Waals surface area contributed by atoms with E-state index in [-0.39, 0.29) is 12.3 Å². The summed E-state index contributed by atoms with van der Waals surface area (Å²) in [6.07, 6.45) is 0. The molecule has 0 radical (unpaired) electrons. The lowest BCUT2D eigenvalue weighted by molar-refractivity contribution is -0.146. The molecule has 0 bridgehead atoms. The van der Waals surface area contributed by atoms with Gasteiger partial charge in [-0.15, -0.1) is 0 Å². The van der Waals surface area contributed by atoms with E-state index in [2.05, 4.69) is 10.6 Å². The standard InChI is InChI=1S/C20H20N2O6/c1-13(23)14-6-8-16(9-7-14)22-18(24)12-28-19(25)11-21-20(26)15-4-3-5-17(10-15)27-2/h3-10H,11-12H2,1-2H3,(H,21,26)(H,22,24). The average Bonchev–Trinajstić information content (AvgIpc) is 2.70. The van der Waals surface area contributed by atoms with Gasteiger partial charge in [0.25, 0.3) is 11.8 Å². The second kappa shape index (κ2) is 9.86. The van der Waals surface area contributed by atoms with Crippen molar-refractivity contribution < 1.29 is 28.7 Å². The zero-order valence-corrected chi connectivity index (χ0v) is 15.5. The van der Waals surface area contributed by atoms with E-state index < -0.39 is 24.4 Å². The summed E-state index contributed by atoms with van der Waals surface area (Å²) in [4.78, 5) is 46.7. The predicted molar refractivity (Wildman–Crippen MR) is 101 cm³/mol. The molecule has 0 aliphatic carbocycles. The second-order valence-corrected chi connectivity index (χ2v) is 5.76. The summed E-state index contributed by atoms with van der Waals surface area (Å²) in [5.41, 5.74) is 1.33. The first-order valence-electron chi connectivity index (χ1n) is 8.38. The third-order valence-corrected chi connectivity index (χ3v) is 3.66. The first kappa shape index (κ1) is 20.6. The van der Waals surface area contributed by atoms with Crippen LogP contribution in [-0.2, 0) is 14.3 Å². The molecule has 0 aliphatic heterocycles. The molecule has 146 valence electrons. The number of benzene rings is 2. The Hall–Kier alpha value is -3.68. The minimum absolute atomic E-state index is 0.0807. The van der Waals surface area contributed by atoms with Crippen LogP contribution in [-0.4, -0.2) is 43.8 Å². The van der Waals surface area contributed by atoms with Gasteiger partial charge in [0.1, 0.15) is 12.3 Å². The van der Waals surface area contributed by atoms with E-state index in [9.17, 15) is 19.2 Å². The molecule has 0 spiro atoms. The van der Waals surface area contributed by atoms with Crippen LogP contribution in [0.3, 0.4) is 0 Å². The van der Waals surface area contributed by atoms with Crippen LogP contribution in [0.2, 0.25) is 0 Å². The van der Waals surface area contributed by atoms with E-state index in [0.717, 1.165) is 0 Å². The highest BCUT2D eigenvalue weighted by atomic mass is 16.5. The second-order valence-electron chi connectivity index (χ2n) is 5.76. The number of hydrogen-bond donors (Lipinski definition) is 2. The van der Waals surface area contributed by atoms with Crippen LogP contribution in [0.25, 0.3) is 0 Å². The summed E-state index contributed by atoms with van der Waals surface area (Å²) in [5.74, 6) is -1.32. The van der Waals surface area contributed by atoms with Crippen LogP contribution in [0, 0.1) is 0 Å². The molecule has 0 unspecified atom stereocenters. The Kier molecular flexibility index (Phi) is 7.27. The molecule has 0 aliphatic rings. The van der Waals surface area contributed by atoms with E-state index in [1.807, 2.05) is 0 Å². The van der Waals surface area contributed by atoms with Gasteiger partial charge in [0.2, 0.25) is 0 Å². The molecule has 8 nitrogen and oxygen atoms in total. The summed E-state index contributed by atoms with van der Waals surface area (Å²) in [7, 11) is 1.48. The van der Waals surface area contributed by atoms with Crippen molar-refractivity contribution in [3.05, 3.63) is 59.7 Å². The largest absolute Gasteiger partial charge is 0.497 e. The average molecular weight is 384 g/mol. The number of nitrogens with one attached hydrogen (secondary N) is 2. The number of methoxy groups -OCH3 is 1. The fourth-order valence-corrected chi connectivity index (χ4v) is 2.20. The van der Waals surface area contributed by atoms with Crippen molar-refractivity contribution in [2.45, 2.75) is 6.92 Å². The Labute approximate surface area is 161 Å². The SMILES string of the molecule is COc1cccc(C(=O)NCC(=O)OCC(=O)Nc2ccc(C(C)=O)cc2)c1. The van der Waals surface area contributed by atoms with E-state index >= 15 is 0 Å². The number of carbonyl (C=O) groups is 4. The Bertz CT molecular complexity index is 877. The zero-order valence-electron chi connectivity index (χ0n) is 15.5. The molecular weight excluding hydrogens is 364 g/mol. The van der Waals surface area contributed by atoms with E-state index in [0.29, 0.717) is 22.6 Å². The summed E-state index contributed by atoms with van der Waals surface area (Å²) >= 11 is 0. The maximum atomic E-state index is 12.0. The summed E-state index contributed by atoms with van der Waals surface area (Å²) in [6, 6.07) is 12.8. The summed E-state index contributed by atoms with van der Waals surface area (Å²) < 4.78 is 9.85. The van der Waals surface area contributed by atoms with Crippen molar-refractivity contribution in [3.63, 3.8) is 0 Å². The van der Waals surface area contributed by atoms with Crippen LogP contribution in [0.15, 0.2) is 48.5 Å². The normalized spacial score (nSPS) is 9.93. The third-order valence-electron chi connectivity index (χ3n) is 3.66. The van der Waals surface area contributed by atoms with E-state index in [1.165, 1.54) is 20.1 Å². The highest BCUT2D eigenvalue weighted by molar-refractivity contribution is 5.97. The molecule has 0 atom stereocenters. The predicted octanol–water partition coefficient (Wildman–Crippen LogP) is 1.81. The number of ether oxygens (including phenoxy) is 2. The van der Waals surface area contributed by atoms with Gasteiger partial charge in [-0.3, -0.25) is 19.2 Å². The Morgan fingerprint density at radius 1 is 0.964 bits per heavy atom. The van der Waals surface area contributed by atoms with Gasteiger partial charge in [-0.05, 0) is 49.4 Å². The third kappa shape index (κ3) is 6.24. The lowest BCUT2D eigenvalue weighted by atomic mass is 10.1. The lowest BCUT2D eigenvalue weighted by Gasteiger charge is -2.08. The number of Topliss-reactive ketones (excluding diaryl/α,β-unsaturated/α-hetero) is 1. The van der Waals surface area contributed by atoms with Crippen molar-refractivity contribution in [1.29, 1.82) is 0 Å². The maximum absolute atomic E-state index is 12.0. The van der Waals surface area contributed by atoms with Gasteiger partial charge < -0.3 is 20.1 Å². The van der Waals surface area contributed by atoms with Gasteiger partial charge >= 0.3 is 5.97 Å². The molecule has 2 rings (SSSR count). The molecule has 2 amide bonds. The number of anilines is 1.